The summed E-state index contributed by atoms with van der Waals surface area (Å²) in [5.41, 5.74) is 3.20. The van der Waals surface area contributed by atoms with Gasteiger partial charge in [0.2, 0.25) is 0 Å². The van der Waals surface area contributed by atoms with Crippen molar-refractivity contribution in [3.05, 3.63) is 47.7 Å². The predicted octanol–water partition coefficient (Wildman–Crippen LogP) is 3.98. The van der Waals surface area contributed by atoms with Crippen molar-refractivity contribution in [3.8, 4) is 11.8 Å². The Labute approximate surface area is 251 Å². The fourth-order valence-electron chi connectivity index (χ4n) is 7.40. The molecule has 4 aliphatic rings. The van der Waals surface area contributed by atoms with Crippen LogP contribution in [0, 0.1) is 0 Å². The standard InChI is InChI=1S/C32H40N6O5/c1-35-12-5-7-24(35)19-42-31-33-28-18-36(29-15-25(43-20-41-2)14-21-6-3-4-8-26(21)29)13-11-27(28)30(34-31)37-16-22-9-10-23(17-37)38(22)32(39)40/h3-4,6,8,14-15,22-24H,5,7,9-13,16-20H2,1-2H3,(H,39,40)/t22-,23+,24?. The fraction of sp³-hybridized carbons (Fsp3) is 0.531. The minimum Gasteiger partial charge on any atom is -0.467 e. The van der Waals surface area contributed by atoms with Gasteiger partial charge in [-0.25, -0.2) is 4.79 Å². The van der Waals surface area contributed by atoms with Gasteiger partial charge in [-0.1, -0.05) is 24.3 Å². The number of piperazine rings is 1. The van der Waals surface area contributed by atoms with E-state index in [-0.39, 0.29) is 18.9 Å². The van der Waals surface area contributed by atoms with Gasteiger partial charge in [0.15, 0.2) is 6.79 Å². The predicted molar refractivity (Wildman–Crippen MR) is 163 cm³/mol. The van der Waals surface area contributed by atoms with Crippen LogP contribution in [0.1, 0.15) is 36.9 Å². The lowest BCUT2D eigenvalue weighted by molar-refractivity contribution is 0.0512. The molecule has 7 rings (SSSR count). The zero-order valence-electron chi connectivity index (χ0n) is 24.9. The normalized spacial score (nSPS) is 23.6. The Morgan fingerprint density at radius 2 is 1.84 bits per heavy atom. The number of nitrogens with zero attached hydrogens (tertiary/aromatic N) is 6. The lowest BCUT2D eigenvalue weighted by atomic mass is 10.0. The lowest BCUT2D eigenvalue weighted by Crippen LogP contribution is -2.56. The van der Waals surface area contributed by atoms with E-state index in [1.807, 2.05) is 12.1 Å². The number of ether oxygens (including phenoxy) is 3. The topological polar surface area (TPSA) is 104 Å². The molecule has 11 nitrogen and oxygen atoms in total. The zero-order valence-corrected chi connectivity index (χ0v) is 24.9. The number of carbonyl (C=O) groups is 1. The number of benzene rings is 2. The highest BCUT2D eigenvalue weighted by atomic mass is 16.7. The molecule has 4 aliphatic heterocycles. The smallest absolute Gasteiger partial charge is 0.407 e. The van der Waals surface area contributed by atoms with Gasteiger partial charge in [-0.05, 0) is 57.1 Å². The molecule has 1 amide bonds. The van der Waals surface area contributed by atoms with Crippen molar-refractivity contribution in [3.63, 3.8) is 0 Å². The number of likely N-dealkylation sites (N-methyl/N-ethyl adjacent to an activating group) is 1. The quantitative estimate of drug-likeness (QED) is 0.389. The molecule has 1 N–H and O–H groups in total. The summed E-state index contributed by atoms with van der Waals surface area (Å²) in [5, 5.41) is 12.1. The van der Waals surface area contributed by atoms with E-state index < -0.39 is 6.09 Å². The molecule has 0 aliphatic carbocycles. The van der Waals surface area contributed by atoms with Gasteiger partial charge < -0.3 is 34.0 Å². The molecule has 5 heterocycles. The first kappa shape index (κ1) is 28.0. The molecule has 3 atom stereocenters. The number of hydrogen-bond acceptors (Lipinski definition) is 9. The molecule has 1 aromatic heterocycles. The number of methoxy groups -OCH3 is 1. The maximum absolute atomic E-state index is 12.0. The molecular formula is C32H40N6O5. The first-order chi connectivity index (χ1) is 21.0. The molecule has 3 fully saturated rings. The Hall–Kier alpha value is -3.83. The largest absolute Gasteiger partial charge is 0.467 e. The second kappa shape index (κ2) is 11.7. The number of rotatable bonds is 8. The van der Waals surface area contributed by atoms with Gasteiger partial charge in [0.1, 0.15) is 18.2 Å². The minimum absolute atomic E-state index is 0.0142. The van der Waals surface area contributed by atoms with Crippen LogP contribution >= 0.6 is 0 Å². The highest BCUT2D eigenvalue weighted by Gasteiger charge is 2.44. The van der Waals surface area contributed by atoms with Gasteiger partial charge in [0, 0.05) is 55.5 Å². The molecule has 43 heavy (non-hydrogen) atoms. The van der Waals surface area contributed by atoms with Crippen LogP contribution in [0.25, 0.3) is 10.8 Å². The molecule has 0 saturated carbocycles. The molecule has 3 saturated heterocycles. The highest BCUT2D eigenvalue weighted by Crippen LogP contribution is 2.39. The van der Waals surface area contributed by atoms with Crippen LogP contribution in [-0.4, -0.2) is 103 Å². The van der Waals surface area contributed by atoms with Crippen molar-refractivity contribution in [1.82, 2.24) is 19.8 Å². The van der Waals surface area contributed by atoms with E-state index >= 15 is 0 Å². The highest BCUT2D eigenvalue weighted by molar-refractivity contribution is 5.95. The van der Waals surface area contributed by atoms with Crippen molar-refractivity contribution in [1.29, 1.82) is 0 Å². The summed E-state index contributed by atoms with van der Waals surface area (Å²) in [7, 11) is 3.77. The second-order valence-corrected chi connectivity index (χ2v) is 12.2. The van der Waals surface area contributed by atoms with Gasteiger partial charge in [-0.3, -0.25) is 4.90 Å². The molecule has 0 spiro atoms. The van der Waals surface area contributed by atoms with E-state index in [0.717, 1.165) is 78.1 Å². The minimum atomic E-state index is -0.818. The summed E-state index contributed by atoms with van der Waals surface area (Å²) in [6, 6.07) is 13.2. The van der Waals surface area contributed by atoms with Gasteiger partial charge >= 0.3 is 12.1 Å². The molecule has 3 aromatic rings. The van der Waals surface area contributed by atoms with Crippen LogP contribution in [0.4, 0.5) is 16.3 Å². The number of amides is 1. The number of aromatic nitrogens is 2. The van der Waals surface area contributed by atoms with E-state index in [1.165, 1.54) is 6.42 Å². The van der Waals surface area contributed by atoms with Crippen molar-refractivity contribution >= 4 is 28.4 Å². The van der Waals surface area contributed by atoms with Crippen LogP contribution < -0.4 is 19.3 Å². The van der Waals surface area contributed by atoms with Gasteiger partial charge in [0.05, 0.1) is 24.3 Å². The first-order valence-corrected chi connectivity index (χ1v) is 15.4. The van der Waals surface area contributed by atoms with Gasteiger partial charge in [-0.15, -0.1) is 0 Å². The molecular weight excluding hydrogens is 548 g/mol. The number of hydrogen-bond donors (Lipinski definition) is 1. The van der Waals surface area contributed by atoms with Crippen molar-refractivity contribution < 1.29 is 24.1 Å². The first-order valence-electron chi connectivity index (χ1n) is 15.4. The summed E-state index contributed by atoms with van der Waals surface area (Å²) < 4.78 is 17.4. The monoisotopic (exact) mass is 588 g/mol. The zero-order chi connectivity index (χ0) is 29.5. The Balaban J connectivity index is 1.22. The van der Waals surface area contributed by atoms with Gasteiger partial charge in [0.25, 0.3) is 0 Å². The molecule has 2 bridgehead atoms. The van der Waals surface area contributed by atoms with E-state index in [9.17, 15) is 9.90 Å². The van der Waals surface area contributed by atoms with E-state index in [0.29, 0.717) is 38.3 Å². The Kier molecular flexibility index (Phi) is 7.60. The van der Waals surface area contributed by atoms with Crippen molar-refractivity contribution in [2.24, 2.45) is 0 Å². The van der Waals surface area contributed by atoms with E-state index in [2.05, 4.69) is 46.0 Å². The maximum Gasteiger partial charge on any atom is 0.407 e. The summed E-state index contributed by atoms with van der Waals surface area (Å²) in [6.45, 7) is 4.52. The van der Waals surface area contributed by atoms with Crippen molar-refractivity contribution in [2.75, 3.05) is 63.5 Å². The van der Waals surface area contributed by atoms with Crippen molar-refractivity contribution in [2.45, 2.75) is 56.8 Å². The third-order valence-corrected chi connectivity index (χ3v) is 9.60. The molecule has 0 radical (unpaired) electrons. The van der Waals surface area contributed by atoms with Gasteiger partial charge in [-0.2, -0.15) is 9.97 Å². The number of likely N-dealkylation sites (tertiary alicyclic amines) is 1. The number of fused-ring (bicyclic) bond motifs is 4. The third kappa shape index (κ3) is 5.40. The molecule has 1 unspecified atom stereocenters. The SMILES string of the molecule is COCOc1cc(N2CCc3c(nc(OCC4CCCN4C)nc3N3C[C@H]4CC[C@@H](C3)N4C(=O)O)C2)c2ccccc2c1. The van der Waals surface area contributed by atoms with Crippen LogP contribution in [0.2, 0.25) is 0 Å². The molecule has 11 heteroatoms. The van der Waals surface area contributed by atoms with E-state index in [1.54, 1.807) is 12.0 Å². The molecule has 228 valence electrons. The average Bonchev–Trinajstić information content (AvgIpc) is 3.56. The number of anilines is 2. The van der Waals surface area contributed by atoms with Crippen LogP contribution in [-0.2, 0) is 17.7 Å². The van der Waals surface area contributed by atoms with Crippen LogP contribution in [0.15, 0.2) is 36.4 Å². The maximum atomic E-state index is 12.0. The number of carboxylic acid groups (broad SMARTS) is 1. The Morgan fingerprint density at radius 3 is 2.58 bits per heavy atom. The van der Waals surface area contributed by atoms with Crippen LogP contribution in [0.5, 0.6) is 11.8 Å². The summed E-state index contributed by atoms with van der Waals surface area (Å²) in [5.74, 6) is 1.67. The summed E-state index contributed by atoms with van der Waals surface area (Å²) in [4.78, 5) is 30.6. The molecule has 2 aromatic carbocycles. The second-order valence-electron chi connectivity index (χ2n) is 12.2. The summed E-state index contributed by atoms with van der Waals surface area (Å²) >= 11 is 0. The van der Waals surface area contributed by atoms with Crippen LogP contribution in [0.3, 0.4) is 0 Å². The third-order valence-electron chi connectivity index (χ3n) is 9.60. The van der Waals surface area contributed by atoms with E-state index in [4.69, 9.17) is 24.2 Å². The average molecular weight is 589 g/mol. The lowest BCUT2D eigenvalue weighted by Gasteiger charge is -2.41. The summed E-state index contributed by atoms with van der Waals surface area (Å²) in [6.07, 6.45) is 4.02. The Morgan fingerprint density at radius 1 is 1.02 bits per heavy atom. The fourth-order valence-corrected chi connectivity index (χ4v) is 7.40. The Bertz CT molecular complexity index is 1490.